The van der Waals surface area contributed by atoms with E-state index in [2.05, 4.69) is 33.2 Å². The lowest BCUT2D eigenvalue weighted by Crippen LogP contribution is -2.02. The largest absolute Gasteiger partial charge is 0.326 e. The van der Waals surface area contributed by atoms with Gasteiger partial charge in [0.1, 0.15) is 0 Å². The highest BCUT2D eigenvalue weighted by atomic mass is 79.9. The molecule has 0 fully saturated rings. The third-order valence-corrected chi connectivity index (χ3v) is 2.98. The summed E-state index contributed by atoms with van der Waals surface area (Å²) in [6.45, 7) is 1.35. The predicted octanol–water partition coefficient (Wildman–Crippen LogP) is 2.15. The summed E-state index contributed by atoms with van der Waals surface area (Å²) in [6.07, 6.45) is 3.73. The molecule has 0 amide bonds. The molecule has 0 bridgehead atoms. The predicted molar refractivity (Wildman–Crippen MR) is 63.4 cm³/mol. The number of hydrogen-bond acceptors (Lipinski definition) is 2. The summed E-state index contributed by atoms with van der Waals surface area (Å²) < 4.78 is 2.98. The highest BCUT2D eigenvalue weighted by Crippen LogP contribution is 2.19. The van der Waals surface area contributed by atoms with Crippen molar-refractivity contribution in [2.45, 2.75) is 13.1 Å². The van der Waals surface area contributed by atoms with E-state index in [4.69, 9.17) is 5.73 Å². The van der Waals surface area contributed by atoms with E-state index in [1.807, 2.05) is 23.0 Å². The average molecular weight is 266 g/mol. The van der Waals surface area contributed by atoms with Gasteiger partial charge in [-0.3, -0.25) is 4.68 Å². The van der Waals surface area contributed by atoms with Crippen LogP contribution in [0.25, 0.3) is 0 Å². The number of rotatable bonds is 3. The van der Waals surface area contributed by atoms with Crippen molar-refractivity contribution in [1.82, 2.24) is 9.78 Å². The van der Waals surface area contributed by atoms with Crippen molar-refractivity contribution in [3.63, 3.8) is 0 Å². The Kier molecular flexibility index (Phi) is 3.18. The first-order valence-electron chi connectivity index (χ1n) is 4.74. The molecule has 1 heterocycles. The fourth-order valence-corrected chi connectivity index (χ4v) is 1.97. The van der Waals surface area contributed by atoms with Crippen LogP contribution in [0.5, 0.6) is 0 Å². The van der Waals surface area contributed by atoms with E-state index in [0.29, 0.717) is 6.54 Å². The molecule has 1 aromatic carbocycles. The Hall–Kier alpha value is -1.13. The Morgan fingerprint density at radius 3 is 2.87 bits per heavy atom. The second kappa shape index (κ2) is 4.59. The third kappa shape index (κ3) is 2.46. The van der Waals surface area contributed by atoms with Crippen LogP contribution in [-0.2, 0) is 13.1 Å². The molecule has 4 heteroatoms. The highest BCUT2D eigenvalue weighted by Gasteiger charge is 2.01. The van der Waals surface area contributed by atoms with Crippen LogP contribution < -0.4 is 5.73 Å². The van der Waals surface area contributed by atoms with Gasteiger partial charge in [0.15, 0.2) is 0 Å². The molecule has 15 heavy (non-hydrogen) atoms. The molecule has 0 aliphatic heterocycles. The first kappa shape index (κ1) is 10.4. The van der Waals surface area contributed by atoms with Gasteiger partial charge in [-0.25, -0.2) is 0 Å². The van der Waals surface area contributed by atoms with E-state index in [-0.39, 0.29) is 0 Å². The molecular formula is C11H12BrN3. The van der Waals surface area contributed by atoms with Gasteiger partial charge in [-0.1, -0.05) is 28.1 Å². The zero-order chi connectivity index (χ0) is 10.7. The van der Waals surface area contributed by atoms with Crippen LogP contribution >= 0.6 is 15.9 Å². The van der Waals surface area contributed by atoms with Gasteiger partial charge in [-0.15, -0.1) is 0 Å². The minimum atomic E-state index is 0.570. The van der Waals surface area contributed by atoms with Crippen molar-refractivity contribution >= 4 is 15.9 Å². The SMILES string of the molecule is NCc1ccc(Cn2cccn2)c(Br)c1. The molecule has 3 nitrogen and oxygen atoms in total. The van der Waals surface area contributed by atoms with Gasteiger partial charge >= 0.3 is 0 Å². The fraction of sp³-hybridized carbons (Fsp3) is 0.182. The summed E-state index contributed by atoms with van der Waals surface area (Å²) in [5.74, 6) is 0. The Morgan fingerprint density at radius 1 is 1.40 bits per heavy atom. The van der Waals surface area contributed by atoms with Crippen molar-refractivity contribution in [2.24, 2.45) is 5.73 Å². The van der Waals surface area contributed by atoms with Gasteiger partial charge < -0.3 is 5.73 Å². The molecule has 0 aliphatic rings. The van der Waals surface area contributed by atoms with E-state index >= 15 is 0 Å². The molecule has 0 unspecified atom stereocenters. The summed E-state index contributed by atoms with van der Waals surface area (Å²) in [4.78, 5) is 0. The van der Waals surface area contributed by atoms with E-state index < -0.39 is 0 Å². The average Bonchev–Trinajstić information content (AvgIpc) is 2.74. The quantitative estimate of drug-likeness (QED) is 0.925. The molecular weight excluding hydrogens is 254 g/mol. The molecule has 0 saturated carbocycles. The maximum atomic E-state index is 5.57. The van der Waals surface area contributed by atoms with Gasteiger partial charge in [0, 0.05) is 23.4 Å². The van der Waals surface area contributed by atoms with E-state index in [9.17, 15) is 0 Å². The van der Waals surface area contributed by atoms with Crippen LogP contribution in [0.3, 0.4) is 0 Å². The lowest BCUT2D eigenvalue weighted by molar-refractivity contribution is 0.684. The lowest BCUT2D eigenvalue weighted by Gasteiger charge is -2.06. The van der Waals surface area contributed by atoms with Crippen molar-refractivity contribution < 1.29 is 0 Å². The maximum absolute atomic E-state index is 5.57. The third-order valence-electron chi connectivity index (χ3n) is 2.24. The summed E-state index contributed by atoms with van der Waals surface area (Å²) in [6, 6.07) is 8.10. The first-order valence-corrected chi connectivity index (χ1v) is 5.53. The Morgan fingerprint density at radius 2 is 2.27 bits per heavy atom. The van der Waals surface area contributed by atoms with Crippen LogP contribution in [0.4, 0.5) is 0 Å². The summed E-state index contributed by atoms with van der Waals surface area (Å²) in [5, 5.41) is 4.17. The van der Waals surface area contributed by atoms with Crippen molar-refractivity contribution in [2.75, 3.05) is 0 Å². The molecule has 2 aromatic rings. The van der Waals surface area contributed by atoms with E-state index in [0.717, 1.165) is 16.6 Å². The summed E-state index contributed by atoms with van der Waals surface area (Å²) in [7, 11) is 0. The van der Waals surface area contributed by atoms with Crippen LogP contribution in [0, 0.1) is 0 Å². The molecule has 1 aromatic heterocycles. The molecule has 0 saturated heterocycles. The van der Waals surface area contributed by atoms with Crippen molar-refractivity contribution in [3.05, 3.63) is 52.3 Å². The van der Waals surface area contributed by atoms with Gasteiger partial charge in [-0.05, 0) is 23.3 Å². The number of aromatic nitrogens is 2. The molecule has 78 valence electrons. The standard InChI is InChI=1S/C11H12BrN3/c12-11-6-9(7-13)2-3-10(11)8-15-5-1-4-14-15/h1-6H,7-8,13H2. The van der Waals surface area contributed by atoms with E-state index in [1.165, 1.54) is 5.56 Å². The Balaban J connectivity index is 2.22. The molecule has 0 aliphatic carbocycles. The zero-order valence-electron chi connectivity index (χ0n) is 8.23. The minimum absolute atomic E-state index is 0.570. The molecule has 0 spiro atoms. The first-order chi connectivity index (χ1) is 7.29. The van der Waals surface area contributed by atoms with Crippen molar-refractivity contribution in [1.29, 1.82) is 0 Å². The summed E-state index contributed by atoms with van der Waals surface area (Å²) >= 11 is 3.54. The van der Waals surface area contributed by atoms with Crippen LogP contribution in [0.2, 0.25) is 0 Å². The highest BCUT2D eigenvalue weighted by molar-refractivity contribution is 9.10. The second-order valence-corrected chi connectivity index (χ2v) is 4.19. The fourth-order valence-electron chi connectivity index (χ4n) is 1.41. The number of nitrogens with two attached hydrogens (primary N) is 1. The molecule has 0 radical (unpaired) electrons. The smallest absolute Gasteiger partial charge is 0.0670 e. The molecule has 2 rings (SSSR count). The zero-order valence-corrected chi connectivity index (χ0v) is 9.81. The Bertz CT molecular complexity index is 437. The number of hydrogen-bond donors (Lipinski definition) is 1. The van der Waals surface area contributed by atoms with Gasteiger partial charge in [0.05, 0.1) is 6.54 Å². The molecule has 2 N–H and O–H groups in total. The van der Waals surface area contributed by atoms with Gasteiger partial charge in [-0.2, -0.15) is 5.10 Å². The minimum Gasteiger partial charge on any atom is -0.326 e. The Labute approximate surface area is 97.0 Å². The topological polar surface area (TPSA) is 43.8 Å². The van der Waals surface area contributed by atoms with Crippen LogP contribution in [-0.4, -0.2) is 9.78 Å². The number of halogens is 1. The van der Waals surface area contributed by atoms with Crippen LogP contribution in [0.15, 0.2) is 41.1 Å². The van der Waals surface area contributed by atoms with Gasteiger partial charge in [0.25, 0.3) is 0 Å². The van der Waals surface area contributed by atoms with Crippen molar-refractivity contribution in [3.8, 4) is 0 Å². The van der Waals surface area contributed by atoms with Crippen LogP contribution in [0.1, 0.15) is 11.1 Å². The van der Waals surface area contributed by atoms with E-state index in [1.54, 1.807) is 6.20 Å². The normalized spacial score (nSPS) is 10.5. The molecule has 0 atom stereocenters. The number of nitrogens with zero attached hydrogens (tertiary/aromatic N) is 2. The maximum Gasteiger partial charge on any atom is 0.0670 e. The van der Waals surface area contributed by atoms with Gasteiger partial charge in [0.2, 0.25) is 0 Å². The second-order valence-electron chi connectivity index (χ2n) is 3.33. The number of benzene rings is 1. The monoisotopic (exact) mass is 265 g/mol. The summed E-state index contributed by atoms with van der Waals surface area (Å²) in [5.41, 5.74) is 7.90. The lowest BCUT2D eigenvalue weighted by atomic mass is 10.1.